The Kier molecular flexibility index (Phi) is 69.2. The molecule has 0 aliphatic rings. The minimum absolute atomic E-state index is 0.0900. The summed E-state index contributed by atoms with van der Waals surface area (Å²) < 4.78 is 10.9. The summed E-state index contributed by atoms with van der Waals surface area (Å²) in [6.45, 7) is 24.6. The fraction of sp³-hybridized carbons (Fsp3) is 0.964. The number of ether oxygens (including phenoxy) is 2. The minimum atomic E-state index is 0.0900. The van der Waals surface area contributed by atoms with Crippen molar-refractivity contribution < 1.29 is 19.1 Å². The first kappa shape index (κ1) is 66.7. The van der Waals surface area contributed by atoms with Gasteiger partial charge in [-0.1, -0.05) is 242 Å². The predicted molar refractivity (Wildman–Crippen MR) is 274 cm³/mol. The number of esters is 1. The summed E-state index contributed by atoms with van der Waals surface area (Å²) in [6, 6.07) is 0. The van der Waals surface area contributed by atoms with Crippen molar-refractivity contribution in [2.24, 2.45) is 11.8 Å². The first-order valence-corrected chi connectivity index (χ1v) is 27.9. The zero-order chi connectivity index (χ0) is 46.1. The molecule has 0 aromatic heterocycles. The van der Waals surface area contributed by atoms with Crippen LogP contribution in [0.1, 0.15) is 300 Å². The van der Waals surface area contributed by atoms with Crippen molar-refractivity contribution in [3.05, 3.63) is 0 Å². The molecule has 0 amide bonds. The van der Waals surface area contributed by atoms with Crippen LogP contribution in [0.2, 0.25) is 0 Å². The van der Waals surface area contributed by atoms with E-state index in [1.165, 1.54) is 231 Å². The average molecular weight is 869 g/mol. The lowest BCUT2D eigenvalue weighted by molar-refractivity contribution is -0.149. The van der Waals surface area contributed by atoms with Gasteiger partial charge < -0.3 is 19.2 Å². The maximum absolute atomic E-state index is 12.8. The number of methoxy groups -OCH3 is 1. The Bertz CT molecular complexity index is 761. The lowest BCUT2D eigenvalue weighted by Gasteiger charge is -2.21. The van der Waals surface area contributed by atoms with Crippen LogP contribution in [-0.4, -0.2) is 57.1 Å². The minimum Gasteiger partial charge on any atom is -0.465 e. The summed E-state index contributed by atoms with van der Waals surface area (Å²) >= 11 is 0. The van der Waals surface area contributed by atoms with Gasteiger partial charge >= 0.3 is 5.97 Å². The Labute approximate surface area is 386 Å². The quantitative estimate of drug-likeness (QED) is 0.0347. The molecule has 0 saturated carbocycles. The molecule has 5 nitrogen and oxygen atoms in total. The van der Waals surface area contributed by atoms with Gasteiger partial charge in [0.25, 0.3) is 0 Å². The lowest BCUT2D eigenvalue weighted by Crippen LogP contribution is -2.27. The number of hydrogen-bond acceptors (Lipinski definition) is 5. The molecule has 0 radical (unpaired) electrons. The van der Waals surface area contributed by atoms with Crippen molar-refractivity contribution in [1.82, 2.24) is 4.90 Å². The van der Waals surface area contributed by atoms with Crippen LogP contribution in [0.5, 0.6) is 0 Å². The molecule has 0 heterocycles. The maximum atomic E-state index is 12.8. The van der Waals surface area contributed by atoms with Crippen LogP contribution in [0.25, 0.3) is 0 Å². The van der Waals surface area contributed by atoms with Crippen molar-refractivity contribution in [1.29, 1.82) is 0 Å². The fourth-order valence-electron chi connectivity index (χ4n) is 8.04. The van der Waals surface area contributed by atoms with E-state index in [4.69, 9.17) is 9.47 Å². The zero-order valence-corrected chi connectivity index (χ0v) is 44.0. The number of carbonyl (C=O) groups is 2. The van der Waals surface area contributed by atoms with E-state index in [1.807, 2.05) is 27.7 Å². The third-order valence-corrected chi connectivity index (χ3v) is 11.9. The van der Waals surface area contributed by atoms with Crippen molar-refractivity contribution in [2.75, 3.05) is 40.0 Å². The number of nitrogens with zero attached hydrogens (tertiary/aromatic N) is 1. The van der Waals surface area contributed by atoms with Gasteiger partial charge in [-0.25, -0.2) is 0 Å². The van der Waals surface area contributed by atoms with Crippen LogP contribution in [0.15, 0.2) is 0 Å². The van der Waals surface area contributed by atoms with Crippen LogP contribution in [0.4, 0.5) is 0 Å². The predicted octanol–water partition coefficient (Wildman–Crippen LogP) is 18.5. The van der Waals surface area contributed by atoms with Gasteiger partial charge in [-0.3, -0.25) is 4.79 Å². The molecule has 2 unspecified atom stereocenters. The van der Waals surface area contributed by atoms with Crippen LogP contribution in [-0.2, 0) is 19.1 Å². The van der Waals surface area contributed by atoms with Crippen molar-refractivity contribution in [2.45, 2.75) is 300 Å². The van der Waals surface area contributed by atoms with E-state index in [9.17, 15) is 9.59 Å². The Hall–Kier alpha value is -0.940. The van der Waals surface area contributed by atoms with E-state index in [1.54, 1.807) is 7.11 Å². The first-order valence-electron chi connectivity index (χ1n) is 27.9. The molecule has 0 saturated heterocycles. The van der Waals surface area contributed by atoms with E-state index in [2.05, 4.69) is 39.5 Å². The third kappa shape index (κ3) is 57.0. The van der Waals surface area contributed by atoms with Crippen LogP contribution in [0, 0.1) is 11.8 Å². The van der Waals surface area contributed by atoms with Crippen LogP contribution >= 0.6 is 0 Å². The number of hydrogen-bond donors (Lipinski definition) is 0. The molecule has 0 rings (SSSR count). The van der Waals surface area contributed by atoms with Crippen molar-refractivity contribution in [3.8, 4) is 0 Å². The van der Waals surface area contributed by atoms with Gasteiger partial charge in [0.1, 0.15) is 6.29 Å². The number of aldehydes is 1. The summed E-state index contributed by atoms with van der Waals surface area (Å²) in [7, 11) is 1.80. The number of rotatable bonds is 46. The van der Waals surface area contributed by atoms with Crippen molar-refractivity contribution >= 4 is 12.3 Å². The Morgan fingerprint density at radius 3 is 1.11 bits per heavy atom. The van der Waals surface area contributed by atoms with E-state index in [0.29, 0.717) is 12.5 Å². The van der Waals surface area contributed by atoms with Gasteiger partial charge in [-0.2, -0.15) is 0 Å². The highest BCUT2D eigenvalue weighted by atomic mass is 16.5. The first-order chi connectivity index (χ1) is 30.0. The van der Waals surface area contributed by atoms with E-state index in [0.717, 1.165) is 38.7 Å². The molecule has 370 valence electrons. The SMILES string of the molecule is CC.CC.CCCCCCCCC(C=O)CCCCCC.CCCCCCCCC(CCCCCC)C(=O)OCCCCCCCCN(CCC)CCCCCCCCOC. The molecule has 0 aromatic carbocycles. The Morgan fingerprint density at radius 2 is 0.738 bits per heavy atom. The highest BCUT2D eigenvalue weighted by Gasteiger charge is 2.19. The molecule has 0 aliphatic carbocycles. The van der Waals surface area contributed by atoms with E-state index >= 15 is 0 Å². The molecular formula is C56H117NO4. The van der Waals surface area contributed by atoms with Gasteiger partial charge in [-0.05, 0) is 77.4 Å². The topological polar surface area (TPSA) is 55.8 Å². The van der Waals surface area contributed by atoms with Gasteiger partial charge in [-0.15, -0.1) is 0 Å². The summed E-state index contributed by atoms with van der Waals surface area (Å²) in [5, 5.41) is 0. The maximum Gasteiger partial charge on any atom is 0.308 e. The second-order valence-corrected chi connectivity index (χ2v) is 17.6. The van der Waals surface area contributed by atoms with Crippen molar-refractivity contribution in [3.63, 3.8) is 0 Å². The summed E-state index contributed by atoms with van der Waals surface area (Å²) in [6.07, 6.45) is 48.0. The van der Waals surface area contributed by atoms with Gasteiger partial charge in [0, 0.05) is 19.6 Å². The standard InChI is InChI=1S/C36H73NO3.C16H32O.2C2H6/c1-5-8-10-12-17-23-29-35(28-22-11-9-6-2)36(38)40-34-27-21-16-14-19-25-32-37(30-7-3)31-24-18-13-15-20-26-33-39-4;1-3-5-7-9-10-12-14-16(15-17)13-11-8-6-4-2;2*1-2/h35H,5-34H2,1-4H3;15-16H,3-14H2,1-2H3;2*1-2H3. The highest BCUT2D eigenvalue weighted by molar-refractivity contribution is 5.72. The van der Waals surface area contributed by atoms with Gasteiger partial charge in [0.05, 0.1) is 12.5 Å². The largest absolute Gasteiger partial charge is 0.465 e. The second kappa shape index (κ2) is 63.3. The molecule has 0 bridgehead atoms. The molecule has 5 heteroatoms. The van der Waals surface area contributed by atoms with Crippen LogP contribution < -0.4 is 0 Å². The Morgan fingerprint density at radius 1 is 0.410 bits per heavy atom. The highest BCUT2D eigenvalue weighted by Crippen LogP contribution is 2.21. The Balaban J connectivity index is -0.000000643. The third-order valence-electron chi connectivity index (χ3n) is 11.9. The van der Waals surface area contributed by atoms with Crippen LogP contribution in [0.3, 0.4) is 0 Å². The lowest BCUT2D eigenvalue weighted by atomic mass is 9.94. The summed E-state index contributed by atoms with van der Waals surface area (Å²) in [5.41, 5.74) is 0. The molecule has 0 spiro atoms. The van der Waals surface area contributed by atoms with E-state index < -0.39 is 0 Å². The normalized spacial score (nSPS) is 11.8. The number of unbranched alkanes of at least 4 members (excludes halogenated alkanes) is 26. The summed E-state index contributed by atoms with van der Waals surface area (Å²) in [5.74, 6) is 0.570. The molecule has 2 atom stereocenters. The molecule has 0 aromatic rings. The van der Waals surface area contributed by atoms with Gasteiger partial charge in [0.2, 0.25) is 0 Å². The second-order valence-electron chi connectivity index (χ2n) is 17.6. The fourth-order valence-corrected chi connectivity index (χ4v) is 8.04. The zero-order valence-electron chi connectivity index (χ0n) is 44.0. The number of carbonyl (C=O) groups excluding carboxylic acids is 2. The van der Waals surface area contributed by atoms with Gasteiger partial charge in [0.15, 0.2) is 0 Å². The molecule has 0 N–H and O–H groups in total. The van der Waals surface area contributed by atoms with E-state index in [-0.39, 0.29) is 11.9 Å². The monoisotopic (exact) mass is 868 g/mol. The molecular weight excluding hydrogens is 751 g/mol. The molecule has 0 fully saturated rings. The summed E-state index contributed by atoms with van der Waals surface area (Å²) in [4.78, 5) is 26.4. The molecule has 61 heavy (non-hydrogen) atoms. The average Bonchev–Trinajstić information content (AvgIpc) is 3.29. The molecule has 0 aliphatic heterocycles. The smallest absolute Gasteiger partial charge is 0.308 e.